The molecule has 0 saturated carbocycles. The van der Waals surface area contributed by atoms with Gasteiger partial charge in [0, 0.05) is 49.0 Å². The fourth-order valence-corrected chi connectivity index (χ4v) is 3.67. The molecule has 0 radical (unpaired) electrons. The third kappa shape index (κ3) is 3.68. The van der Waals surface area contributed by atoms with Gasteiger partial charge in [-0.3, -0.25) is 9.89 Å². The number of amides is 1. The Labute approximate surface area is 163 Å². The summed E-state index contributed by atoms with van der Waals surface area (Å²) < 4.78 is 18.4. The van der Waals surface area contributed by atoms with Crippen LogP contribution in [0.4, 0.5) is 4.39 Å². The van der Waals surface area contributed by atoms with Crippen molar-refractivity contribution in [3.05, 3.63) is 76.7 Å². The Balaban J connectivity index is 1.55. The minimum absolute atomic E-state index is 0.0678. The molecule has 2 heterocycles. The van der Waals surface area contributed by atoms with E-state index in [9.17, 15) is 9.18 Å². The second kappa shape index (κ2) is 7.94. The highest BCUT2D eigenvalue weighted by molar-refractivity contribution is 5.94. The van der Waals surface area contributed by atoms with E-state index in [0.29, 0.717) is 31.7 Å². The van der Waals surface area contributed by atoms with Crippen LogP contribution in [0.25, 0.3) is 11.3 Å². The van der Waals surface area contributed by atoms with Crippen LogP contribution in [-0.4, -0.2) is 41.2 Å². The first kappa shape index (κ1) is 18.4. The number of fused-ring (bicyclic) bond motifs is 1. The standard InChI is InChI=1S/C22H22FN3O2/c1-28-14-15-3-2-4-17(13-15)21-19-9-11-26(12-10-20(19)24-25-21)22(27)16-5-7-18(23)8-6-16/h2-8,13H,9-12,14H2,1H3,(H,24,25). The molecule has 5 nitrogen and oxygen atoms in total. The van der Waals surface area contributed by atoms with E-state index in [0.717, 1.165) is 34.5 Å². The number of benzene rings is 2. The average Bonchev–Trinajstić information content (AvgIpc) is 3.00. The van der Waals surface area contributed by atoms with Crippen molar-refractivity contribution in [3.63, 3.8) is 0 Å². The van der Waals surface area contributed by atoms with Crippen LogP contribution >= 0.6 is 0 Å². The highest BCUT2D eigenvalue weighted by atomic mass is 19.1. The number of hydrogen-bond acceptors (Lipinski definition) is 3. The smallest absolute Gasteiger partial charge is 0.253 e. The molecule has 1 aliphatic heterocycles. The molecule has 1 aromatic heterocycles. The monoisotopic (exact) mass is 379 g/mol. The van der Waals surface area contributed by atoms with Gasteiger partial charge in [-0.25, -0.2) is 4.39 Å². The molecule has 0 aliphatic carbocycles. The van der Waals surface area contributed by atoms with Crippen LogP contribution in [0.5, 0.6) is 0 Å². The zero-order valence-corrected chi connectivity index (χ0v) is 15.7. The number of methoxy groups -OCH3 is 1. The third-order valence-electron chi connectivity index (χ3n) is 5.11. The summed E-state index contributed by atoms with van der Waals surface area (Å²) in [6.07, 6.45) is 1.44. The van der Waals surface area contributed by atoms with Gasteiger partial charge in [0.25, 0.3) is 5.91 Å². The summed E-state index contributed by atoms with van der Waals surface area (Å²) in [6.45, 7) is 1.77. The number of aromatic amines is 1. The van der Waals surface area contributed by atoms with E-state index in [2.05, 4.69) is 16.3 Å². The normalized spacial score (nSPS) is 13.9. The minimum Gasteiger partial charge on any atom is -0.380 e. The maximum absolute atomic E-state index is 13.1. The van der Waals surface area contributed by atoms with E-state index >= 15 is 0 Å². The van der Waals surface area contributed by atoms with Gasteiger partial charge in [-0.05, 0) is 42.3 Å². The van der Waals surface area contributed by atoms with Crippen molar-refractivity contribution in [3.8, 4) is 11.3 Å². The molecule has 1 amide bonds. The molecule has 4 rings (SSSR count). The molecule has 6 heteroatoms. The number of carbonyl (C=O) groups is 1. The molecule has 0 unspecified atom stereocenters. The molecule has 0 spiro atoms. The van der Waals surface area contributed by atoms with E-state index in [1.807, 2.05) is 23.1 Å². The van der Waals surface area contributed by atoms with Crippen LogP contribution in [0.15, 0.2) is 48.5 Å². The lowest BCUT2D eigenvalue weighted by molar-refractivity contribution is 0.0762. The van der Waals surface area contributed by atoms with Gasteiger partial charge in [0.1, 0.15) is 5.82 Å². The zero-order chi connectivity index (χ0) is 19.5. The highest BCUT2D eigenvalue weighted by Crippen LogP contribution is 2.28. The largest absolute Gasteiger partial charge is 0.380 e. The third-order valence-corrected chi connectivity index (χ3v) is 5.11. The van der Waals surface area contributed by atoms with Crippen LogP contribution in [0, 0.1) is 5.82 Å². The first-order chi connectivity index (χ1) is 13.7. The number of ether oxygens (including phenoxy) is 1. The van der Waals surface area contributed by atoms with E-state index < -0.39 is 0 Å². The summed E-state index contributed by atoms with van der Waals surface area (Å²) in [4.78, 5) is 14.6. The number of nitrogens with one attached hydrogen (secondary N) is 1. The van der Waals surface area contributed by atoms with Crippen molar-refractivity contribution in [1.82, 2.24) is 15.1 Å². The molecule has 1 aliphatic rings. The Morgan fingerprint density at radius 3 is 2.75 bits per heavy atom. The number of H-pyrrole nitrogens is 1. The zero-order valence-electron chi connectivity index (χ0n) is 15.7. The van der Waals surface area contributed by atoms with Crippen LogP contribution in [-0.2, 0) is 24.2 Å². The quantitative estimate of drug-likeness (QED) is 0.754. The SMILES string of the molecule is COCc1cccc(-c2n[nH]c3c2CCN(C(=O)c2ccc(F)cc2)CC3)c1. The average molecular weight is 379 g/mol. The molecule has 1 N–H and O–H groups in total. The van der Waals surface area contributed by atoms with E-state index in [1.54, 1.807) is 7.11 Å². The summed E-state index contributed by atoms with van der Waals surface area (Å²) in [5.74, 6) is -0.407. The molecule has 2 aromatic carbocycles. The number of aromatic nitrogens is 2. The van der Waals surface area contributed by atoms with Crippen LogP contribution in [0.1, 0.15) is 27.2 Å². The minimum atomic E-state index is -0.339. The van der Waals surface area contributed by atoms with Gasteiger partial charge in [0.15, 0.2) is 0 Å². The van der Waals surface area contributed by atoms with Crippen molar-refractivity contribution in [1.29, 1.82) is 0 Å². The number of rotatable bonds is 4. The fraction of sp³-hybridized carbons (Fsp3) is 0.273. The van der Waals surface area contributed by atoms with Gasteiger partial charge in [-0.1, -0.05) is 18.2 Å². The van der Waals surface area contributed by atoms with Crippen molar-refractivity contribution in [2.45, 2.75) is 19.4 Å². The maximum atomic E-state index is 13.1. The molecular formula is C22H22FN3O2. The first-order valence-corrected chi connectivity index (χ1v) is 9.35. The summed E-state index contributed by atoms with van der Waals surface area (Å²) in [7, 11) is 1.68. The molecular weight excluding hydrogens is 357 g/mol. The summed E-state index contributed by atoms with van der Waals surface area (Å²) >= 11 is 0. The van der Waals surface area contributed by atoms with Crippen molar-refractivity contribution >= 4 is 5.91 Å². The van der Waals surface area contributed by atoms with Crippen molar-refractivity contribution < 1.29 is 13.9 Å². The Morgan fingerprint density at radius 2 is 1.96 bits per heavy atom. The lowest BCUT2D eigenvalue weighted by atomic mass is 10.0. The highest BCUT2D eigenvalue weighted by Gasteiger charge is 2.23. The van der Waals surface area contributed by atoms with Crippen molar-refractivity contribution in [2.24, 2.45) is 0 Å². The Hall–Kier alpha value is -2.99. The first-order valence-electron chi connectivity index (χ1n) is 9.35. The summed E-state index contributed by atoms with van der Waals surface area (Å²) in [5.41, 5.74) is 5.82. The van der Waals surface area contributed by atoms with Gasteiger partial charge < -0.3 is 9.64 Å². The number of hydrogen-bond donors (Lipinski definition) is 1. The number of halogens is 1. The molecule has 0 fully saturated rings. The predicted octanol–water partition coefficient (Wildman–Crippen LogP) is 3.60. The predicted molar refractivity (Wildman–Crippen MR) is 104 cm³/mol. The molecule has 0 atom stereocenters. The lowest BCUT2D eigenvalue weighted by Crippen LogP contribution is -2.33. The molecule has 3 aromatic rings. The van der Waals surface area contributed by atoms with E-state index in [-0.39, 0.29) is 11.7 Å². The molecule has 28 heavy (non-hydrogen) atoms. The second-order valence-electron chi connectivity index (χ2n) is 6.96. The van der Waals surface area contributed by atoms with Crippen LogP contribution in [0.2, 0.25) is 0 Å². The van der Waals surface area contributed by atoms with Gasteiger partial charge >= 0.3 is 0 Å². The van der Waals surface area contributed by atoms with Gasteiger partial charge in [0.05, 0.1) is 12.3 Å². The Morgan fingerprint density at radius 1 is 1.18 bits per heavy atom. The lowest BCUT2D eigenvalue weighted by Gasteiger charge is -2.20. The maximum Gasteiger partial charge on any atom is 0.253 e. The van der Waals surface area contributed by atoms with Crippen LogP contribution < -0.4 is 0 Å². The Bertz CT molecular complexity index is 982. The molecule has 0 bridgehead atoms. The van der Waals surface area contributed by atoms with Crippen LogP contribution in [0.3, 0.4) is 0 Å². The summed E-state index contributed by atoms with van der Waals surface area (Å²) in [6, 6.07) is 13.9. The van der Waals surface area contributed by atoms with Crippen molar-refractivity contribution in [2.75, 3.05) is 20.2 Å². The van der Waals surface area contributed by atoms with Gasteiger partial charge in [0.2, 0.25) is 0 Å². The molecule has 0 saturated heterocycles. The number of carbonyl (C=O) groups excluding carboxylic acids is 1. The van der Waals surface area contributed by atoms with Gasteiger partial charge in [-0.2, -0.15) is 5.10 Å². The second-order valence-corrected chi connectivity index (χ2v) is 6.96. The Kier molecular flexibility index (Phi) is 5.21. The summed E-state index contributed by atoms with van der Waals surface area (Å²) in [5, 5.41) is 7.69. The van der Waals surface area contributed by atoms with E-state index in [1.165, 1.54) is 24.3 Å². The fourth-order valence-electron chi connectivity index (χ4n) is 3.67. The topological polar surface area (TPSA) is 58.2 Å². The molecule has 144 valence electrons. The van der Waals surface area contributed by atoms with Gasteiger partial charge in [-0.15, -0.1) is 0 Å². The van der Waals surface area contributed by atoms with E-state index in [4.69, 9.17) is 4.74 Å². The number of nitrogens with zero attached hydrogens (tertiary/aromatic N) is 2.